The maximum absolute atomic E-state index is 6.01. The average Bonchev–Trinajstić information content (AvgIpc) is 2.47. The molecule has 0 radical (unpaired) electrons. The highest BCUT2D eigenvalue weighted by molar-refractivity contribution is 5.82. The van der Waals surface area contributed by atoms with Crippen LogP contribution >= 0.6 is 0 Å². The molecule has 1 aromatic carbocycles. The third-order valence-electron chi connectivity index (χ3n) is 4.67. The van der Waals surface area contributed by atoms with Gasteiger partial charge in [0.15, 0.2) is 12.3 Å². The van der Waals surface area contributed by atoms with Gasteiger partial charge in [-0.05, 0) is 37.5 Å². The minimum absolute atomic E-state index is 0.614. The molecule has 1 saturated carbocycles. The quantitative estimate of drug-likeness (QED) is 0.771. The van der Waals surface area contributed by atoms with Gasteiger partial charge in [0, 0.05) is 12.3 Å². The number of fused-ring (bicyclic) bond motifs is 1. The highest BCUT2D eigenvalue weighted by Crippen LogP contribution is 2.32. The molecule has 3 heteroatoms. The van der Waals surface area contributed by atoms with Crippen molar-refractivity contribution in [3.8, 4) is 11.5 Å². The summed E-state index contributed by atoms with van der Waals surface area (Å²) < 4.78 is 13.8. The van der Waals surface area contributed by atoms with Gasteiger partial charge in [-0.1, -0.05) is 13.3 Å². The number of ether oxygens (including phenoxy) is 2. The Bertz CT molecular complexity index is 536. The summed E-state index contributed by atoms with van der Waals surface area (Å²) in [4.78, 5) is 0. The van der Waals surface area contributed by atoms with Crippen molar-refractivity contribution in [1.29, 1.82) is 0 Å². The summed E-state index contributed by atoms with van der Waals surface area (Å²) in [6.07, 6.45) is 7.58. The van der Waals surface area contributed by atoms with E-state index in [4.69, 9.17) is 9.47 Å². The first-order chi connectivity index (χ1) is 9.69. The second kappa shape index (κ2) is 5.47. The number of nitrogens with zero attached hydrogens (tertiary/aromatic N) is 1. The molecule has 3 rings (SSSR count). The lowest BCUT2D eigenvalue weighted by Gasteiger charge is -2.28. The van der Waals surface area contributed by atoms with Gasteiger partial charge in [0.2, 0.25) is 0 Å². The fourth-order valence-corrected chi connectivity index (χ4v) is 3.51. The zero-order chi connectivity index (χ0) is 14.1. The van der Waals surface area contributed by atoms with Crippen LogP contribution in [-0.2, 0) is 0 Å². The maximum atomic E-state index is 6.01. The second-order valence-electron chi connectivity index (χ2n) is 6.11. The van der Waals surface area contributed by atoms with E-state index in [2.05, 4.69) is 30.7 Å². The van der Waals surface area contributed by atoms with E-state index in [0.717, 1.165) is 28.5 Å². The molecular formula is C17H24NO2+. The standard InChI is InChI=1S/C17H24NO2/c1-12-6-4-5-7-16(12)18-10-14-9-15(19-3)8-13(2)17(14)20-11-18/h8-10,12,16H,4-7,11H2,1-3H3/q+1. The number of benzene rings is 1. The van der Waals surface area contributed by atoms with Crippen LogP contribution < -0.4 is 9.47 Å². The van der Waals surface area contributed by atoms with Crippen molar-refractivity contribution in [3.63, 3.8) is 0 Å². The van der Waals surface area contributed by atoms with Crippen molar-refractivity contribution < 1.29 is 14.0 Å². The van der Waals surface area contributed by atoms with Crippen LogP contribution in [0, 0.1) is 12.8 Å². The van der Waals surface area contributed by atoms with Crippen LogP contribution in [0.1, 0.15) is 43.7 Å². The van der Waals surface area contributed by atoms with Gasteiger partial charge >= 0.3 is 0 Å². The smallest absolute Gasteiger partial charge is 0.287 e. The predicted molar refractivity (Wildman–Crippen MR) is 80.1 cm³/mol. The Labute approximate surface area is 121 Å². The largest absolute Gasteiger partial charge is 0.497 e. The number of aryl methyl sites for hydroxylation is 1. The zero-order valence-corrected chi connectivity index (χ0v) is 12.7. The Morgan fingerprint density at radius 2 is 2.05 bits per heavy atom. The van der Waals surface area contributed by atoms with Crippen LogP contribution in [0.2, 0.25) is 0 Å². The van der Waals surface area contributed by atoms with E-state index in [0.29, 0.717) is 12.8 Å². The molecule has 0 amide bonds. The highest BCUT2D eigenvalue weighted by Gasteiger charge is 2.33. The monoisotopic (exact) mass is 274 g/mol. The van der Waals surface area contributed by atoms with Gasteiger partial charge in [0.1, 0.15) is 11.5 Å². The Hall–Kier alpha value is -1.51. The molecule has 3 nitrogen and oxygen atoms in total. The first-order valence-corrected chi connectivity index (χ1v) is 7.61. The molecule has 1 aromatic rings. The lowest BCUT2D eigenvalue weighted by Crippen LogP contribution is -2.39. The number of hydrogen-bond donors (Lipinski definition) is 0. The molecule has 20 heavy (non-hydrogen) atoms. The summed E-state index contributed by atoms with van der Waals surface area (Å²) >= 11 is 0. The van der Waals surface area contributed by atoms with Crippen LogP contribution in [-0.4, -0.2) is 30.7 Å². The molecule has 2 unspecified atom stereocenters. The van der Waals surface area contributed by atoms with E-state index in [9.17, 15) is 0 Å². The molecule has 1 fully saturated rings. The Morgan fingerprint density at radius 1 is 1.25 bits per heavy atom. The van der Waals surface area contributed by atoms with Crippen molar-refractivity contribution >= 4 is 6.21 Å². The molecule has 108 valence electrons. The summed E-state index contributed by atoms with van der Waals surface area (Å²) in [5, 5.41) is 0. The van der Waals surface area contributed by atoms with Crippen molar-refractivity contribution in [3.05, 3.63) is 23.3 Å². The summed E-state index contributed by atoms with van der Waals surface area (Å²) in [6, 6.07) is 4.72. The molecule has 1 heterocycles. The molecule has 1 aliphatic heterocycles. The molecule has 0 N–H and O–H groups in total. The minimum atomic E-state index is 0.614. The summed E-state index contributed by atoms with van der Waals surface area (Å²) in [7, 11) is 1.71. The summed E-state index contributed by atoms with van der Waals surface area (Å²) in [6.45, 7) is 5.12. The first kappa shape index (κ1) is 13.5. The van der Waals surface area contributed by atoms with Crippen LogP contribution in [0.5, 0.6) is 11.5 Å². The van der Waals surface area contributed by atoms with Crippen molar-refractivity contribution in [2.75, 3.05) is 13.8 Å². The van der Waals surface area contributed by atoms with Gasteiger partial charge in [-0.15, -0.1) is 0 Å². The van der Waals surface area contributed by atoms with Crippen LogP contribution in [0.3, 0.4) is 0 Å². The average molecular weight is 274 g/mol. The Morgan fingerprint density at radius 3 is 2.80 bits per heavy atom. The molecule has 2 atom stereocenters. The SMILES string of the molecule is COc1cc(C)c2c(c1)C=[N+](C1CCCCC1C)CO2. The van der Waals surface area contributed by atoms with Crippen LogP contribution in [0.25, 0.3) is 0 Å². The summed E-state index contributed by atoms with van der Waals surface area (Å²) in [5.41, 5.74) is 2.29. The van der Waals surface area contributed by atoms with Gasteiger partial charge in [0.05, 0.1) is 12.7 Å². The molecule has 0 bridgehead atoms. The van der Waals surface area contributed by atoms with Gasteiger partial charge in [-0.3, -0.25) is 0 Å². The molecule has 0 aromatic heterocycles. The highest BCUT2D eigenvalue weighted by atomic mass is 16.5. The van der Waals surface area contributed by atoms with Crippen LogP contribution in [0.15, 0.2) is 12.1 Å². The third-order valence-corrected chi connectivity index (χ3v) is 4.67. The molecule has 1 aliphatic carbocycles. The van der Waals surface area contributed by atoms with Crippen molar-refractivity contribution in [2.24, 2.45) is 5.92 Å². The number of rotatable bonds is 2. The fraction of sp³-hybridized carbons (Fsp3) is 0.588. The Balaban J connectivity index is 1.94. The summed E-state index contributed by atoms with van der Waals surface area (Å²) in [5.74, 6) is 2.65. The van der Waals surface area contributed by atoms with Gasteiger partial charge in [-0.25, -0.2) is 0 Å². The topological polar surface area (TPSA) is 21.5 Å². The zero-order valence-electron chi connectivity index (χ0n) is 12.7. The lowest BCUT2D eigenvalue weighted by molar-refractivity contribution is -0.601. The Kier molecular flexibility index (Phi) is 3.68. The van der Waals surface area contributed by atoms with Crippen LogP contribution in [0.4, 0.5) is 0 Å². The van der Waals surface area contributed by atoms with E-state index < -0.39 is 0 Å². The molecule has 0 saturated heterocycles. The molecule has 0 spiro atoms. The number of hydrogen-bond acceptors (Lipinski definition) is 2. The van der Waals surface area contributed by atoms with Crippen molar-refractivity contribution in [2.45, 2.75) is 45.6 Å². The number of methoxy groups -OCH3 is 1. The predicted octanol–water partition coefficient (Wildman–Crippen LogP) is 3.36. The van der Waals surface area contributed by atoms with E-state index in [1.165, 1.54) is 25.7 Å². The van der Waals surface area contributed by atoms with E-state index in [-0.39, 0.29) is 0 Å². The third kappa shape index (κ3) is 2.41. The molecular weight excluding hydrogens is 250 g/mol. The van der Waals surface area contributed by atoms with Gasteiger partial charge in [-0.2, -0.15) is 4.58 Å². The van der Waals surface area contributed by atoms with Gasteiger partial charge in [0.25, 0.3) is 6.73 Å². The normalized spacial score (nSPS) is 25.4. The maximum Gasteiger partial charge on any atom is 0.287 e. The fourth-order valence-electron chi connectivity index (χ4n) is 3.51. The minimum Gasteiger partial charge on any atom is -0.497 e. The second-order valence-corrected chi connectivity index (χ2v) is 6.11. The van der Waals surface area contributed by atoms with E-state index in [1.807, 2.05) is 6.07 Å². The van der Waals surface area contributed by atoms with Gasteiger partial charge < -0.3 is 9.47 Å². The van der Waals surface area contributed by atoms with Crippen molar-refractivity contribution in [1.82, 2.24) is 0 Å². The van der Waals surface area contributed by atoms with E-state index in [1.54, 1.807) is 7.11 Å². The first-order valence-electron chi connectivity index (χ1n) is 7.61. The van der Waals surface area contributed by atoms with E-state index >= 15 is 0 Å². The lowest BCUT2D eigenvalue weighted by atomic mass is 9.85. The molecule has 2 aliphatic rings.